The SMILES string of the molecule is C=CCNCC(O)c1ccc(Cl)c(N)c1. The molecule has 0 spiro atoms. The molecule has 0 amide bonds. The van der Waals surface area contributed by atoms with Crippen molar-refractivity contribution >= 4 is 17.3 Å². The third kappa shape index (κ3) is 3.55. The predicted molar refractivity (Wildman–Crippen MR) is 63.9 cm³/mol. The molecule has 0 heterocycles. The molecule has 0 radical (unpaired) electrons. The second kappa shape index (κ2) is 5.75. The standard InChI is InChI=1S/C11H15ClN2O/c1-2-5-14-7-11(15)8-3-4-9(12)10(13)6-8/h2-4,6,11,14-15H,1,5,7,13H2. The topological polar surface area (TPSA) is 58.3 Å². The molecule has 3 nitrogen and oxygen atoms in total. The smallest absolute Gasteiger partial charge is 0.0915 e. The molecule has 15 heavy (non-hydrogen) atoms. The van der Waals surface area contributed by atoms with Gasteiger partial charge in [-0.15, -0.1) is 6.58 Å². The summed E-state index contributed by atoms with van der Waals surface area (Å²) in [6.07, 6.45) is 1.16. The Morgan fingerprint density at radius 2 is 2.33 bits per heavy atom. The van der Waals surface area contributed by atoms with E-state index < -0.39 is 6.10 Å². The van der Waals surface area contributed by atoms with Gasteiger partial charge < -0.3 is 16.2 Å². The summed E-state index contributed by atoms with van der Waals surface area (Å²) in [5.74, 6) is 0. The Hall–Kier alpha value is -1.03. The predicted octanol–water partition coefficient (Wildman–Crippen LogP) is 1.73. The third-order valence-corrected chi connectivity index (χ3v) is 2.38. The Balaban J connectivity index is 2.61. The van der Waals surface area contributed by atoms with Crippen LogP contribution in [0.3, 0.4) is 0 Å². The molecule has 4 heteroatoms. The van der Waals surface area contributed by atoms with Crippen LogP contribution in [0.4, 0.5) is 5.69 Å². The minimum absolute atomic E-state index is 0.465. The number of anilines is 1. The molecule has 0 aliphatic carbocycles. The van der Waals surface area contributed by atoms with Gasteiger partial charge in [-0.05, 0) is 17.7 Å². The van der Waals surface area contributed by atoms with Crippen molar-refractivity contribution in [1.82, 2.24) is 5.32 Å². The fourth-order valence-corrected chi connectivity index (χ4v) is 1.33. The molecule has 1 unspecified atom stereocenters. The molecule has 0 fully saturated rings. The quantitative estimate of drug-likeness (QED) is 0.407. The number of hydrogen-bond acceptors (Lipinski definition) is 3. The summed E-state index contributed by atoms with van der Waals surface area (Å²) in [5.41, 5.74) is 6.87. The molecule has 1 aromatic carbocycles. The van der Waals surface area contributed by atoms with Crippen LogP contribution in [0, 0.1) is 0 Å². The van der Waals surface area contributed by atoms with E-state index in [1.54, 1.807) is 24.3 Å². The summed E-state index contributed by atoms with van der Waals surface area (Å²) >= 11 is 5.78. The Morgan fingerprint density at radius 1 is 1.60 bits per heavy atom. The Bertz CT molecular complexity index is 341. The molecule has 0 aliphatic rings. The molecule has 4 N–H and O–H groups in total. The van der Waals surface area contributed by atoms with Crippen molar-refractivity contribution < 1.29 is 5.11 Å². The number of nitrogen functional groups attached to an aromatic ring is 1. The largest absolute Gasteiger partial charge is 0.398 e. The lowest BCUT2D eigenvalue weighted by atomic mass is 10.1. The van der Waals surface area contributed by atoms with E-state index in [0.717, 1.165) is 5.56 Å². The molecule has 0 saturated carbocycles. The molecule has 0 saturated heterocycles. The van der Waals surface area contributed by atoms with E-state index in [0.29, 0.717) is 23.8 Å². The van der Waals surface area contributed by atoms with Gasteiger partial charge in [0.05, 0.1) is 16.8 Å². The summed E-state index contributed by atoms with van der Waals surface area (Å²) in [5, 5.41) is 13.3. The van der Waals surface area contributed by atoms with Crippen LogP contribution < -0.4 is 11.1 Å². The highest BCUT2D eigenvalue weighted by molar-refractivity contribution is 6.33. The molecule has 82 valence electrons. The number of hydrogen-bond donors (Lipinski definition) is 3. The van der Waals surface area contributed by atoms with Gasteiger partial charge in [-0.1, -0.05) is 23.7 Å². The molecule has 1 aromatic rings. The van der Waals surface area contributed by atoms with Crippen LogP contribution in [0.5, 0.6) is 0 Å². The first kappa shape index (κ1) is 12.0. The average molecular weight is 227 g/mol. The van der Waals surface area contributed by atoms with E-state index in [9.17, 15) is 5.11 Å². The highest BCUT2D eigenvalue weighted by Gasteiger charge is 2.07. The highest BCUT2D eigenvalue weighted by Crippen LogP contribution is 2.22. The fraction of sp³-hybridized carbons (Fsp3) is 0.273. The minimum Gasteiger partial charge on any atom is -0.398 e. The highest BCUT2D eigenvalue weighted by atomic mass is 35.5. The third-order valence-electron chi connectivity index (χ3n) is 2.03. The molecule has 1 rings (SSSR count). The lowest BCUT2D eigenvalue weighted by molar-refractivity contribution is 0.176. The van der Waals surface area contributed by atoms with Gasteiger partial charge in [0.1, 0.15) is 0 Å². The Labute approximate surface area is 94.6 Å². The van der Waals surface area contributed by atoms with Crippen molar-refractivity contribution in [2.45, 2.75) is 6.10 Å². The van der Waals surface area contributed by atoms with Crippen molar-refractivity contribution in [1.29, 1.82) is 0 Å². The van der Waals surface area contributed by atoms with Gasteiger partial charge in [-0.3, -0.25) is 0 Å². The van der Waals surface area contributed by atoms with E-state index in [1.165, 1.54) is 0 Å². The fourth-order valence-electron chi connectivity index (χ4n) is 1.21. The second-order valence-electron chi connectivity index (χ2n) is 3.24. The van der Waals surface area contributed by atoms with Gasteiger partial charge in [0.2, 0.25) is 0 Å². The van der Waals surface area contributed by atoms with Gasteiger partial charge in [0.15, 0.2) is 0 Å². The summed E-state index contributed by atoms with van der Waals surface area (Å²) in [6, 6.07) is 5.13. The van der Waals surface area contributed by atoms with Crippen LogP contribution in [-0.2, 0) is 0 Å². The zero-order chi connectivity index (χ0) is 11.3. The van der Waals surface area contributed by atoms with E-state index in [1.807, 2.05) is 0 Å². The zero-order valence-electron chi connectivity index (χ0n) is 8.41. The maximum atomic E-state index is 9.77. The Morgan fingerprint density at radius 3 is 2.93 bits per heavy atom. The van der Waals surface area contributed by atoms with Crippen molar-refractivity contribution in [2.24, 2.45) is 0 Å². The molecule has 0 bridgehead atoms. The van der Waals surface area contributed by atoms with Crippen LogP contribution >= 0.6 is 11.6 Å². The first-order valence-electron chi connectivity index (χ1n) is 4.69. The Kier molecular flexibility index (Phi) is 4.62. The minimum atomic E-state index is -0.579. The lowest BCUT2D eigenvalue weighted by Crippen LogP contribution is -2.21. The number of benzene rings is 1. The van der Waals surface area contributed by atoms with E-state index in [-0.39, 0.29) is 0 Å². The molecular formula is C11H15ClN2O. The average Bonchev–Trinajstić information content (AvgIpc) is 2.22. The monoisotopic (exact) mass is 226 g/mol. The van der Waals surface area contributed by atoms with E-state index in [2.05, 4.69) is 11.9 Å². The number of rotatable bonds is 5. The lowest BCUT2D eigenvalue weighted by Gasteiger charge is -2.12. The van der Waals surface area contributed by atoms with Crippen molar-refractivity contribution in [2.75, 3.05) is 18.8 Å². The first-order chi connectivity index (χ1) is 7.15. The number of aliphatic hydroxyl groups excluding tert-OH is 1. The van der Waals surface area contributed by atoms with Gasteiger partial charge in [-0.25, -0.2) is 0 Å². The van der Waals surface area contributed by atoms with Crippen LogP contribution in [0.1, 0.15) is 11.7 Å². The van der Waals surface area contributed by atoms with Crippen molar-refractivity contribution in [3.63, 3.8) is 0 Å². The van der Waals surface area contributed by atoms with Crippen LogP contribution in [-0.4, -0.2) is 18.2 Å². The number of aliphatic hydroxyl groups is 1. The number of nitrogens with one attached hydrogen (secondary N) is 1. The summed E-state index contributed by atoms with van der Waals surface area (Å²) in [7, 11) is 0. The van der Waals surface area contributed by atoms with Gasteiger partial charge in [0.25, 0.3) is 0 Å². The van der Waals surface area contributed by atoms with Gasteiger partial charge in [0, 0.05) is 13.1 Å². The normalized spacial score (nSPS) is 12.4. The van der Waals surface area contributed by atoms with Crippen molar-refractivity contribution in [3.05, 3.63) is 41.4 Å². The molecular weight excluding hydrogens is 212 g/mol. The van der Waals surface area contributed by atoms with Crippen LogP contribution in [0.2, 0.25) is 5.02 Å². The van der Waals surface area contributed by atoms with Gasteiger partial charge in [-0.2, -0.15) is 0 Å². The number of halogens is 1. The molecule has 1 atom stereocenters. The van der Waals surface area contributed by atoms with Crippen LogP contribution in [0.25, 0.3) is 0 Å². The summed E-state index contributed by atoms with van der Waals surface area (Å²) in [4.78, 5) is 0. The zero-order valence-corrected chi connectivity index (χ0v) is 9.17. The van der Waals surface area contributed by atoms with Crippen LogP contribution in [0.15, 0.2) is 30.9 Å². The maximum absolute atomic E-state index is 9.77. The van der Waals surface area contributed by atoms with E-state index in [4.69, 9.17) is 17.3 Å². The molecule has 0 aliphatic heterocycles. The summed E-state index contributed by atoms with van der Waals surface area (Å²) < 4.78 is 0. The van der Waals surface area contributed by atoms with Gasteiger partial charge >= 0.3 is 0 Å². The molecule has 0 aromatic heterocycles. The number of nitrogens with two attached hydrogens (primary N) is 1. The maximum Gasteiger partial charge on any atom is 0.0915 e. The van der Waals surface area contributed by atoms with Crippen molar-refractivity contribution in [3.8, 4) is 0 Å². The van der Waals surface area contributed by atoms with E-state index >= 15 is 0 Å². The first-order valence-corrected chi connectivity index (χ1v) is 5.07. The second-order valence-corrected chi connectivity index (χ2v) is 3.65. The summed E-state index contributed by atoms with van der Waals surface area (Å²) in [6.45, 7) is 4.71.